The Balaban J connectivity index is 1.63. The fourth-order valence-electron chi connectivity index (χ4n) is 3.69. The minimum Gasteiger partial charge on any atom is -0.268 e. The van der Waals surface area contributed by atoms with Crippen LogP contribution in [-0.4, -0.2) is 27.7 Å². The number of benzene rings is 2. The molecule has 2 aliphatic rings. The lowest BCUT2D eigenvalue weighted by Crippen LogP contribution is -2.14. The molecule has 0 aromatic heterocycles. The van der Waals surface area contributed by atoms with Crippen LogP contribution < -0.4 is 0 Å². The predicted molar refractivity (Wildman–Crippen MR) is 93.1 cm³/mol. The fourth-order valence-corrected chi connectivity index (χ4v) is 3.69. The highest BCUT2D eigenvalue weighted by atomic mass is 16.6. The van der Waals surface area contributed by atoms with Crippen molar-refractivity contribution in [3.05, 3.63) is 75.8 Å². The molecule has 1 fully saturated rings. The van der Waals surface area contributed by atoms with E-state index >= 15 is 0 Å². The molecule has 5 heteroatoms. The molecular weight excluding hydrogens is 302 g/mol. The van der Waals surface area contributed by atoms with Gasteiger partial charge in [0, 0.05) is 12.1 Å². The number of hydrogen-bond donors (Lipinski definition) is 0. The van der Waals surface area contributed by atoms with Gasteiger partial charge in [-0.3, -0.25) is 20.0 Å². The first-order valence-electron chi connectivity index (χ1n) is 8.35. The standard InChI is InChI=1S/C19H19N3O2/c1-2-6-16-20-17(13-7-4-3-5-8-13)19-18(21(16)19)14-9-11-15(12-10-14)22(23)24/h3-5,7-12,16,18-19H,2,6H2,1H3/t16-,18+,19-,21?/m0/s1. The van der Waals surface area contributed by atoms with E-state index in [-0.39, 0.29) is 22.8 Å². The van der Waals surface area contributed by atoms with Crippen LogP contribution in [0.25, 0.3) is 0 Å². The van der Waals surface area contributed by atoms with Crippen molar-refractivity contribution in [2.24, 2.45) is 4.99 Å². The number of non-ortho nitro benzene ring substituents is 1. The van der Waals surface area contributed by atoms with Crippen molar-refractivity contribution in [3.63, 3.8) is 0 Å². The van der Waals surface area contributed by atoms with Gasteiger partial charge in [0.05, 0.1) is 22.7 Å². The van der Waals surface area contributed by atoms with Gasteiger partial charge in [0.1, 0.15) is 6.17 Å². The van der Waals surface area contributed by atoms with Crippen molar-refractivity contribution in [2.75, 3.05) is 0 Å². The molecule has 122 valence electrons. The first kappa shape index (κ1) is 15.0. The molecule has 0 amide bonds. The molecule has 0 spiro atoms. The quantitative estimate of drug-likeness (QED) is 0.476. The summed E-state index contributed by atoms with van der Waals surface area (Å²) in [6, 6.07) is 17.8. The molecule has 0 saturated carbocycles. The zero-order chi connectivity index (χ0) is 16.7. The molecule has 5 nitrogen and oxygen atoms in total. The number of hydrogen-bond acceptors (Lipinski definition) is 4. The van der Waals surface area contributed by atoms with E-state index < -0.39 is 0 Å². The lowest BCUT2D eigenvalue weighted by Gasteiger charge is -2.12. The maximum Gasteiger partial charge on any atom is 0.269 e. The summed E-state index contributed by atoms with van der Waals surface area (Å²) in [4.78, 5) is 17.8. The molecule has 4 rings (SSSR count). The molecule has 0 aliphatic carbocycles. The summed E-state index contributed by atoms with van der Waals surface area (Å²) in [6.07, 6.45) is 2.35. The maximum atomic E-state index is 10.8. The molecule has 0 N–H and O–H groups in total. The topological polar surface area (TPSA) is 58.5 Å². The molecule has 24 heavy (non-hydrogen) atoms. The molecule has 1 saturated heterocycles. The third-order valence-corrected chi connectivity index (χ3v) is 4.83. The summed E-state index contributed by atoms with van der Waals surface area (Å²) >= 11 is 0. The van der Waals surface area contributed by atoms with E-state index in [1.807, 2.05) is 30.3 Å². The molecule has 1 unspecified atom stereocenters. The van der Waals surface area contributed by atoms with E-state index in [0.717, 1.165) is 24.1 Å². The van der Waals surface area contributed by atoms with Crippen LogP contribution in [0.5, 0.6) is 0 Å². The van der Waals surface area contributed by atoms with Crippen molar-refractivity contribution < 1.29 is 4.92 Å². The van der Waals surface area contributed by atoms with Crippen molar-refractivity contribution in [1.29, 1.82) is 0 Å². The van der Waals surface area contributed by atoms with E-state index in [0.29, 0.717) is 6.04 Å². The number of fused-ring (bicyclic) bond motifs is 1. The van der Waals surface area contributed by atoms with Crippen molar-refractivity contribution in [2.45, 2.75) is 38.0 Å². The van der Waals surface area contributed by atoms with Gasteiger partial charge >= 0.3 is 0 Å². The Morgan fingerprint density at radius 2 is 1.79 bits per heavy atom. The van der Waals surface area contributed by atoms with Crippen LogP contribution in [0.3, 0.4) is 0 Å². The average Bonchev–Trinajstić information content (AvgIpc) is 3.24. The van der Waals surface area contributed by atoms with E-state index in [1.165, 1.54) is 5.56 Å². The molecule has 2 aromatic carbocycles. The van der Waals surface area contributed by atoms with E-state index in [1.54, 1.807) is 12.1 Å². The second kappa shape index (κ2) is 5.83. The Labute approximate surface area is 140 Å². The highest BCUT2D eigenvalue weighted by Gasteiger charge is 2.58. The van der Waals surface area contributed by atoms with Crippen LogP contribution in [-0.2, 0) is 0 Å². The van der Waals surface area contributed by atoms with Crippen LogP contribution in [0, 0.1) is 10.1 Å². The highest BCUT2D eigenvalue weighted by molar-refractivity contribution is 6.08. The van der Waals surface area contributed by atoms with Gasteiger partial charge in [0.25, 0.3) is 5.69 Å². The molecule has 0 bridgehead atoms. The van der Waals surface area contributed by atoms with Gasteiger partial charge in [-0.1, -0.05) is 55.8 Å². The Kier molecular flexibility index (Phi) is 3.65. The molecule has 2 heterocycles. The number of nitrogens with zero attached hydrogens (tertiary/aromatic N) is 3. The van der Waals surface area contributed by atoms with E-state index in [9.17, 15) is 10.1 Å². The molecule has 0 radical (unpaired) electrons. The summed E-state index contributed by atoms with van der Waals surface area (Å²) in [7, 11) is 0. The van der Waals surface area contributed by atoms with Crippen molar-refractivity contribution in [3.8, 4) is 0 Å². The Morgan fingerprint density at radius 3 is 2.42 bits per heavy atom. The first-order valence-corrected chi connectivity index (χ1v) is 8.35. The normalized spacial score (nSPS) is 27.5. The second-order valence-corrected chi connectivity index (χ2v) is 6.34. The zero-order valence-corrected chi connectivity index (χ0v) is 13.5. The largest absolute Gasteiger partial charge is 0.269 e. The maximum absolute atomic E-state index is 10.8. The molecule has 2 aromatic rings. The van der Waals surface area contributed by atoms with Gasteiger partial charge in [0.2, 0.25) is 0 Å². The van der Waals surface area contributed by atoms with Crippen LogP contribution in [0.1, 0.15) is 36.9 Å². The minimum absolute atomic E-state index is 0.140. The van der Waals surface area contributed by atoms with Gasteiger partial charge in [-0.05, 0) is 17.5 Å². The average molecular weight is 321 g/mol. The predicted octanol–water partition coefficient (Wildman–Crippen LogP) is 3.95. The van der Waals surface area contributed by atoms with Crippen molar-refractivity contribution in [1.82, 2.24) is 4.90 Å². The third-order valence-electron chi connectivity index (χ3n) is 4.83. The number of rotatable bonds is 5. The van der Waals surface area contributed by atoms with Crippen molar-refractivity contribution >= 4 is 11.4 Å². The summed E-state index contributed by atoms with van der Waals surface area (Å²) in [6.45, 7) is 2.18. The summed E-state index contributed by atoms with van der Waals surface area (Å²) in [5.74, 6) is 0. The van der Waals surface area contributed by atoms with E-state index in [2.05, 4.69) is 24.0 Å². The zero-order valence-electron chi connectivity index (χ0n) is 13.5. The Bertz CT molecular complexity index is 786. The Morgan fingerprint density at radius 1 is 1.08 bits per heavy atom. The van der Waals surface area contributed by atoms with Crippen LogP contribution in [0.2, 0.25) is 0 Å². The highest BCUT2D eigenvalue weighted by Crippen LogP contribution is 2.51. The number of nitro benzene ring substituents is 1. The van der Waals surface area contributed by atoms with E-state index in [4.69, 9.17) is 4.99 Å². The summed E-state index contributed by atoms with van der Waals surface area (Å²) in [5, 5.41) is 10.8. The SMILES string of the molecule is CCC[C@H]1N=C(c2ccccc2)[C@H]2[C@@H](c3ccc([N+](=O)[O-])cc3)N12. The smallest absolute Gasteiger partial charge is 0.268 e. The van der Waals surface area contributed by atoms with Crippen LogP contribution in [0.15, 0.2) is 59.6 Å². The second-order valence-electron chi connectivity index (χ2n) is 6.34. The van der Waals surface area contributed by atoms with Gasteiger partial charge in [-0.25, -0.2) is 0 Å². The molecule has 4 atom stereocenters. The number of aliphatic imine (C=N–C) groups is 1. The Hall–Kier alpha value is -2.53. The van der Waals surface area contributed by atoms with Gasteiger partial charge in [-0.2, -0.15) is 0 Å². The van der Waals surface area contributed by atoms with Crippen LogP contribution in [0.4, 0.5) is 5.69 Å². The summed E-state index contributed by atoms with van der Waals surface area (Å²) < 4.78 is 0. The minimum atomic E-state index is -0.353. The lowest BCUT2D eigenvalue weighted by atomic mass is 10.0. The lowest BCUT2D eigenvalue weighted by molar-refractivity contribution is -0.384. The van der Waals surface area contributed by atoms with Gasteiger partial charge in [-0.15, -0.1) is 0 Å². The summed E-state index contributed by atoms with van der Waals surface area (Å²) in [5.41, 5.74) is 3.60. The monoisotopic (exact) mass is 321 g/mol. The fraction of sp³-hybridized carbons (Fsp3) is 0.316. The molecule has 2 aliphatic heterocycles. The van der Waals surface area contributed by atoms with Crippen LogP contribution >= 0.6 is 0 Å². The number of nitro groups is 1. The third kappa shape index (κ3) is 2.41. The van der Waals surface area contributed by atoms with Gasteiger partial charge < -0.3 is 0 Å². The molecular formula is C19H19N3O2. The first-order chi connectivity index (χ1) is 11.7. The van der Waals surface area contributed by atoms with Gasteiger partial charge in [0.15, 0.2) is 0 Å².